The Hall–Kier alpha value is -1.08. The van der Waals surface area contributed by atoms with E-state index < -0.39 is 29.0 Å². The highest BCUT2D eigenvalue weighted by Crippen LogP contribution is 2.27. The fourth-order valence-electron chi connectivity index (χ4n) is 1.35. The Labute approximate surface area is 113 Å². The summed E-state index contributed by atoms with van der Waals surface area (Å²) in [7, 11) is 0. The van der Waals surface area contributed by atoms with Crippen LogP contribution in [0.2, 0.25) is 0 Å². The van der Waals surface area contributed by atoms with Crippen LogP contribution in [0, 0.1) is 23.3 Å². The van der Waals surface area contributed by atoms with Gasteiger partial charge in [-0.15, -0.1) is 11.3 Å². The second-order valence-electron chi connectivity index (χ2n) is 3.39. The maximum absolute atomic E-state index is 13.3. The summed E-state index contributed by atoms with van der Waals surface area (Å²) in [5.74, 6) is -5.72. The van der Waals surface area contributed by atoms with Gasteiger partial charge in [0.15, 0.2) is 23.3 Å². The molecule has 0 spiro atoms. The van der Waals surface area contributed by atoms with Crippen LogP contribution in [0.4, 0.5) is 23.2 Å². The minimum absolute atomic E-state index is 0.0645. The molecule has 2 aromatic rings. The molecule has 7 heteroatoms. The fraction of sp³-hybridized carbons (Fsp3) is 0.0909. The quantitative estimate of drug-likeness (QED) is 0.632. The van der Waals surface area contributed by atoms with Crippen molar-refractivity contribution in [2.45, 2.75) is 6.54 Å². The first-order valence-electron chi connectivity index (χ1n) is 4.79. The third-order valence-electron chi connectivity index (χ3n) is 2.23. The van der Waals surface area contributed by atoms with Crippen molar-refractivity contribution in [2.24, 2.45) is 0 Å². The lowest BCUT2D eigenvalue weighted by molar-refractivity contribution is 0.458. The molecule has 0 aliphatic heterocycles. The van der Waals surface area contributed by atoms with Gasteiger partial charge in [-0.05, 0) is 27.4 Å². The first-order chi connectivity index (χ1) is 8.50. The summed E-state index contributed by atoms with van der Waals surface area (Å²) in [5, 5.41) is 4.13. The normalized spacial score (nSPS) is 10.7. The Morgan fingerprint density at radius 3 is 2.22 bits per heavy atom. The summed E-state index contributed by atoms with van der Waals surface area (Å²) >= 11 is 4.59. The molecular formula is C11H6BrF4NS. The molecule has 0 amide bonds. The van der Waals surface area contributed by atoms with Crippen LogP contribution in [0.3, 0.4) is 0 Å². The Balaban J connectivity index is 2.27. The van der Waals surface area contributed by atoms with Gasteiger partial charge in [-0.3, -0.25) is 0 Å². The van der Waals surface area contributed by atoms with Crippen molar-refractivity contribution in [3.8, 4) is 0 Å². The highest BCUT2D eigenvalue weighted by Gasteiger charge is 2.19. The van der Waals surface area contributed by atoms with Gasteiger partial charge in [-0.2, -0.15) is 0 Å². The van der Waals surface area contributed by atoms with Crippen molar-refractivity contribution >= 4 is 33.0 Å². The zero-order valence-corrected chi connectivity index (χ0v) is 11.1. The highest BCUT2D eigenvalue weighted by molar-refractivity contribution is 9.10. The lowest BCUT2D eigenvalue weighted by atomic mass is 10.2. The van der Waals surface area contributed by atoms with Crippen LogP contribution in [-0.2, 0) is 6.54 Å². The second kappa shape index (κ2) is 5.27. The fourth-order valence-corrected chi connectivity index (χ4v) is 2.78. The van der Waals surface area contributed by atoms with E-state index >= 15 is 0 Å². The molecule has 1 N–H and O–H groups in total. The zero-order chi connectivity index (χ0) is 13.3. The predicted octanol–water partition coefficient (Wildman–Crippen LogP) is 4.68. The molecule has 1 aromatic heterocycles. The minimum atomic E-state index is -1.43. The molecule has 18 heavy (non-hydrogen) atoms. The summed E-state index contributed by atoms with van der Waals surface area (Å²) in [6, 6.07) is 1.94. The number of nitrogens with one attached hydrogen (secondary N) is 1. The molecule has 0 fully saturated rings. The number of rotatable bonds is 3. The monoisotopic (exact) mass is 339 g/mol. The lowest BCUT2D eigenvalue weighted by Gasteiger charge is -2.09. The van der Waals surface area contributed by atoms with Gasteiger partial charge >= 0.3 is 0 Å². The Morgan fingerprint density at radius 2 is 1.72 bits per heavy atom. The van der Waals surface area contributed by atoms with Gasteiger partial charge in [-0.1, -0.05) is 0 Å². The molecule has 0 unspecified atom stereocenters. The number of anilines is 1. The molecule has 0 radical (unpaired) electrons. The largest absolute Gasteiger partial charge is 0.375 e. The SMILES string of the molecule is Fc1cc(F)c(F)c(NCc2sccc2Br)c1F. The molecule has 0 aliphatic carbocycles. The van der Waals surface area contributed by atoms with Crippen molar-refractivity contribution in [2.75, 3.05) is 5.32 Å². The summed E-state index contributed by atoms with van der Waals surface area (Å²) in [6.07, 6.45) is 0. The van der Waals surface area contributed by atoms with Crippen LogP contribution in [0.5, 0.6) is 0 Å². The Bertz CT molecular complexity index is 558. The molecule has 1 aromatic carbocycles. The van der Waals surface area contributed by atoms with Crippen LogP contribution in [0.25, 0.3) is 0 Å². The van der Waals surface area contributed by atoms with Gasteiger partial charge in [0, 0.05) is 15.4 Å². The van der Waals surface area contributed by atoms with E-state index in [1.54, 1.807) is 11.4 Å². The van der Waals surface area contributed by atoms with Crippen molar-refractivity contribution in [1.82, 2.24) is 0 Å². The highest BCUT2D eigenvalue weighted by atomic mass is 79.9. The molecule has 2 rings (SSSR count). The third-order valence-corrected chi connectivity index (χ3v) is 4.15. The van der Waals surface area contributed by atoms with Crippen LogP contribution in [0.1, 0.15) is 4.88 Å². The molecule has 96 valence electrons. The van der Waals surface area contributed by atoms with Gasteiger partial charge in [0.05, 0.1) is 6.54 Å². The van der Waals surface area contributed by atoms with Crippen LogP contribution in [-0.4, -0.2) is 0 Å². The van der Waals surface area contributed by atoms with Crippen molar-refractivity contribution in [3.05, 3.63) is 50.1 Å². The number of benzene rings is 1. The average molecular weight is 340 g/mol. The predicted molar refractivity (Wildman–Crippen MR) is 65.6 cm³/mol. The number of halogens is 5. The third kappa shape index (κ3) is 2.51. The topological polar surface area (TPSA) is 12.0 Å². The van der Waals surface area contributed by atoms with Crippen molar-refractivity contribution in [3.63, 3.8) is 0 Å². The van der Waals surface area contributed by atoms with E-state index in [0.29, 0.717) is 0 Å². The van der Waals surface area contributed by atoms with E-state index in [4.69, 9.17) is 0 Å². The first kappa shape index (κ1) is 13.4. The molecule has 0 saturated heterocycles. The summed E-state index contributed by atoms with van der Waals surface area (Å²) in [5.41, 5.74) is -0.798. The standard InChI is InChI=1S/C11H6BrF4NS/c12-5-1-2-18-8(5)4-17-11-9(15)6(13)3-7(14)10(11)16/h1-3,17H,4H2. The molecule has 0 bridgehead atoms. The molecular weight excluding hydrogens is 334 g/mol. The Morgan fingerprint density at radius 1 is 1.11 bits per heavy atom. The van der Waals surface area contributed by atoms with E-state index in [1.807, 2.05) is 0 Å². The molecule has 0 saturated carbocycles. The zero-order valence-electron chi connectivity index (χ0n) is 8.74. The number of hydrogen-bond acceptors (Lipinski definition) is 2. The van der Waals surface area contributed by atoms with Gasteiger partial charge in [0.2, 0.25) is 0 Å². The number of hydrogen-bond donors (Lipinski definition) is 1. The average Bonchev–Trinajstić information content (AvgIpc) is 2.73. The lowest BCUT2D eigenvalue weighted by Crippen LogP contribution is -2.06. The minimum Gasteiger partial charge on any atom is -0.375 e. The second-order valence-corrected chi connectivity index (χ2v) is 5.24. The van der Waals surface area contributed by atoms with Crippen LogP contribution < -0.4 is 5.32 Å². The van der Waals surface area contributed by atoms with E-state index in [9.17, 15) is 17.6 Å². The molecule has 1 heterocycles. The molecule has 0 atom stereocenters. The van der Waals surface area contributed by atoms with E-state index in [0.717, 1.165) is 9.35 Å². The summed E-state index contributed by atoms with van der Waals surface area (Å²) < 4.78 is 53.3. The summed E-state index contributed by atoms with van der Waals surface area (Å²) in [4.78, 5) is 0.762. The summed E-state index contributed by atoms with van der Waals surface area (Å²) in [6.45, 7) is 0.0645. The van der Waals surface area contributed by atoms with E-state index in [-0.39, 0.29) is 12.6 Å². The first-order valence-corrected chi connectivity index (χ1v) is 6.46. The van der Waals surface area contributed by atoms with Gasteiger partial charge in [-0.25, -0.2) is 17.6 Å². The van der Waals surface area contributed by atoms with E-state index in [2.05, 4.69) is 21.2 Å². The van der Waals surface area contributed by atoms with Gasteiger partial charge in [0.25, 0.3) is 0 Å². The van der Waals surface area contributed by atoms with Crippen LogP contribution >= 0.6 is 27.3 Å². The Kier molecular flexibility index (Phi) is 3.91. The van der Waals surface area contributed by atoms with Crippen molar-refractivity contribution < 1.29 is 17.6 Å². The van der Waals surface area contributed by atoms with Crippen LogP contribution in [0.15, 0.2) is 22.0 Å². The van der Waals surface area contributed by atoms with Crippen molar-refractivity contribution in [1.29, 1.82) is 0 Å². The smallest absolute Gasteiger partial charge is 0.185 e. The van der Waals surface area contributed by atoms with Gasteiger partial charge in [0.1, 0.15) is 5.69 Å². The molecule has 0 aliphatic rings. The molecule has 1 nitrogen and oxygen atoms in total. The van der Waals surface area contributed by atoms with Gasteiger partial charge < -0.3 is 5.32 Å². The maximum atomic E-state index is 13.3. The maximum Gasteiger partial charge on any atom is 0.185 e. The van der Waals surface area contributed by atoms with E-state index in [1.165, 1.54) is 11.3 Å². The number of thiophene rings is 1.